The molecule has 3 rings (SSSR count). The number of ether oxygens (including phenoxy) is 3. The number of halogens is 3. The third-order valence-electron chi connectivity index (χ3n) is 5.66. The van der Waals surface area contributed by atoms with Gasteiger partial charge in [0.2, 0.25) is 5.88 Å². The molecule has 0 spiro atoms. The molecule has 0 bridgehead atoms. The van der Waals surface area contributed by atoms with Crippen LogP contribution in [0.3, 0.4) is 0 Å². The second-order valence-corrected chi connectivity index (χ2v) is 8.51. The first-order chi connectivity index (χ1) is 19.7. The summed E-state index contributed by atoms with van der Waals surface area (Å²) >= 11 is 0. The number of methoxy groups -OCH3 is 2. The molecule has 0 unspecified atom stereocenters. The number of hydrogen-bond acceptors (Lipinski definition) is 11. The summed E-state index contributed by atoms with van der Waals surface area (Å²) < 4.78 is 53.1. The second-order valence-electron chi connectivity index (χ2n) is 8.51. The Bertz CT molecular complexity index is 1480. The Kier molecular flexibility index (Phi) is 9.46. The van der Waals surface area contributed by atoms with E-state index in [1.165, 1.54) is 36.8 Å². The maximum Gasteiger partial charge on any atom is 0.471 e. The summed E-state index contributed by atoms with van der Waals surface area (Å²) in [5.74, 6) is -4.60. The number of carbonyl (C=O) groups excluding carboxylic acids is 2. The van der Waals surface area contributed by atoms with Crippen molar-refractivity contribution < 1.29 is 51.9 Å². The zero-order valence-corrected chi connectivity index (χ0v) is 21.7. The lowest BCUT2D eigenvalue weighted by Gasteiger charge is -2.18. The summed E-state index contributed by atoms with van der Waals surface area (Å²) in [4.78, 5) is 49.1. The highest BCUT2D eigenvalue weighted by atomic mass is 19.4. The van der Waals surface area contributed by atoms with Gasteiger partial charge in [0.1, 0.15) is 17.5 Å². The molecule has 0 aliphatic carbocycles. The zero-order valence-electron chi connectivity index (χ0n) is 21.7. The predicted octanol–water partition coefficient (Wildman–Crippen LogP) is 3.76. The molecule has 2 N–H and O–H groups in total. The molecule has 1 heterocycles. The fourth-order valence-electron chi connectivity index (χ4n) is 3.70. The lowest BCUT2D eigenvalue weighted by atomic mass is 10.0. The minimum Gasteiger partial charge on any atom is -0.508 e. The predicted molar refractivity (Wildman–Crippen MR) is 135 cm³/mol. The Morgan fingerprint density at radius 2 is 1.67 bits per heavy atom. The van der Waals surface area contributed by atoms with Crippen LogP contribution in [-0.4, -0.2) is 58.3 Å². The van der Waals surface area contributed by atoms with Crippen LogP contribution in [0.1, 0.15) is 16.7 Å². The number of pyridine rings is 1. The molecule has 3 aromatic rings. The quantitative estimate of drug-likeness (QED) is 0.186. The van der Waals surface area contributed by atoms with Gasteiger partial charge in [-0.05, 0) is 29.3 Å². The van der Waals surface area contributed by atoms with E-state index in [0.29, 0.717) is 11.4 Å². The first kappa shape index (κ1) is 31.1. The lowest BCUT2D eigenvalue weighted by Crippen LogP contribution is -2.48. The van der Waals surface area contributed by atoms with Gasteiger partial charge in [0, 0.05) is 42.8 Å². The van der Waals surface area contributed by atoms with E-state index in [-0.39, 0.29) is 29.0 Å². The maximum atomic E-state index is 12.7. The van der Waals surface area contributed by atoms with Gasteiger partial charge in [0.15, 0.2) is 0 Å². The number of amides is 1. The number of rotatable bonds is 11. The zero-order chi connectivity index (χ0) is 31.2. The second kappa shape index (κ2) is 12.8. The standard InChI is InChI=1S/C25H21F3N4O10/c1-40-21-6-3-13(12-29-21)7-15-11-16(4-5-20(15)33)42-22-18(31(36)37)9-14(10-19(22)32(38)39)8-17(23(34)41-2)30-24(35)25(26,27)28/h3-6,9-12,17,33H,7-8H2,1-2H3,(H,30,35)/t17-/m0/s1. The molecule has 222 valence electrons. The van der Waals surface area contributed by atoms with Crippen LogP contribution in [0.2, 0.25) is 0 Å². The number of carbonyl (C=O) groups is 2. The van der Waals surface area contributed by atoms with Crippen molar-refractivity contribution in [2.24, 2.45) is 0 Å². The molecule has 0 aliphatic rings. The molecular weight excluding hydrogens is 573 g/mol. The van der Waals surface area contributed by atoms with Crippen molar-refractivity contribution >= 4 is 23.3 Å². The van der Waals surface area contributed by atoms with E-state index >= 15 is 0 Å². The molecule has 42 heavy (non-hydrogen) atoms. The van der Waals surface area contributed by atoms with Crippen LogP contribution in [-0.2, 0) is 27.2 Å². The van der Waals surface area contributed by atoms with E-state index in [4.69, 9.17) is 9.47 Å². The molecule has 0 aliphatic heterocycles. The van der Waals surface area contributed by atoms with Gasteiger partial charge in [-0.25, -0.2) is 9.78 Å². The molecule has 0 fully saturated rings. The minimum absolute atomic E-state index is 0.127. The van der Waals surface area contributed by atoms with E-state index in [1.54, 1.807) is 12.1 Å². The van der Waals surface area contributed by atoms with Gasteiger partial charge < -0.3 is 24.6 Å². The molecular formula is C25H21F3N4O10. The number of aromatic nitrogens is 1. The van der Waals surface area contributed by atoms with Gasteiger partial charge in [-0.3, -0.25) is 25.0 Å². The molecule has 0 saturated carbocycles. The van der Waals surface area contributed by atoms with Crippen LogP contribution in [0, 0.1) is 20.2 Å². The average Bonchev–Trinajstić information content (AvgIpc) is 2.94. The highest BCUT2D eigenvalue weighted by molar-refractivity contribution is 5.87. The summed E-state index contributed by atoms with van der Waals surface area (Å²) in [7, 11) is 2.26. The molecule has 2 aromatic carbocycles. The summed E-state index contributed by atoms with van der Waals surface area (Å²) in [5, 5.41) is 35.4. The number of esters is 1. The molecule has 1 aromatic heterocycles. The number of phenols is 1. The number of hydrogen-bond donors (Lipinski definition) is 2. The molecule has 14 nitrogen and oxygen atoms in total. The van der Waals surface area contributed by atoms with Crippen LogP contribution in [0.15, 0.2) is 48.7 Å². The molecule has 17 heteroatoms. The van der Waals surface area contributed by atoms with Crippen LogP contribution in [0.4, 0.5) is 24.5 Å². The number of nitro groups is 2. The average molecular weight is 594 g/mol. The Morgan fingerprint density at radius 3 is 2.17 bits per heavy atom. The van der Waals surface area contributed by atoms with E-state index in [1.807, 2.05) is 0 Å². The SMILES string of the molecule is COC(=O)[C@H](Cc1cc([N+](=O)[O-])c(Oc2ccc(O)c(Cc3ccc(OC)nc3)c2)c([N+](=O)[O-])c1)NC(=O)C(F)(F)F. The largest absolute Gasteiger partial charge is 0.508 e. The number of benzene rings is 2. The van der Waals surface area contributed by atoms with Crippen molar-refractivity contribution in [2.75, 3.05) is 14.2 Å². The van der Waals surface area contributed by atoms with Crippen molar-refractivity contribution in [1.29, 1.82) is 0 Å². The van der Waals surface area contributed by atoms with Crippen LogP contribution in [0.25, 0.3) is 0 Å². The van der Waals surface area contributed by atoms with Gasteiger partial charge in [-0.15, -0.1) is 0 Å². The van der Waals surface area contributed by atoms with Crippen molar-refractivity contribution in [3.63, 3.8) is 0 Å². The van der Waals surface area contributed by atoms with Crippen LogP contribution in [0.5, 0.6) is 23.1 Å². The number of nitrogens with zero attached hydrogens (tertiary/aromatic N) is 3. The lowest BCUT2D eigenvalue weighted by molar-refractivity contribution is -0.395. The van der Waals surface area contributed by atoms with Crippen LogP contribution < -0.4 is 14.8 Å². The molecule has 1 amide bonds. The highest BCUT2D eigenvalue weighted by Gasteiger charge is 2.41. The third-order valence-corrected chi connectivity index (χ3v) is 5.66. The Morgan fingerprint density at radius 1 is 1.02 bits per heavy atom. The van der Waals surface area contributed by atoms with E-state index in [9.17, 15) is 48.1 Å². The van der Waals surface area contributed by atoms with Crippen molar-refractivity contribution in [2.45, 2.75) is 25.1 Å². The van der Waals surface area contributed by atoms with Crippen LogP contribution >= 0.6 is 0 Å². The summed E-state index contributed by atoms with van der Waals surface area (Å²) in [6.07, 6.45) is -4.58. The summed E-state index contributed by atoms with van der Waals surface area (Å²) in [5.41, 5.74) is -1.35. The monoisotopic (exact) mass is 594 g/mol. The molecule has 1 atom stereocenters. The first-order valence-electron chi connectivity index (χ1n) is 11.6. The minimum atomic E-state index is -5.37. The summed E-state index contributed by atoms with van der Waals surface area (Å²) in [6, 6.07) is 6.48. The van der Waals surface area contributed by atoms with Gasteiger partial charge in [-0.1, -0.05) is 6.07 Å². The van der Waals surface area contributed by atoms with Crippen molar-refractivity contribution in [3.8, 4) is 23.1 Å². The molecule has 0 radical (unpaired) electrons. The van der Waals surface area contributed by atoms with Gasteiger partial charge in [0.25, 0.3) is 5.75 Å². The number of aromatic hydroxyl groups is 1. The third kappa shape index (κ3) is 7.58. The number of nitrogens with one attached hydrogen (secondary N) is 1. The number of alkyl halides is 3. The number of phenolic OH excluding ortho intramolecular Hbond substituents is 1. The maximum absolute atomic E-state index is 12.7. The Hall–Kier alpha value is -5.48. The Labute approximate surface area is 233 Å². The van der Waals surface area contributed by atoms with E-state index < -0.39 is 57.5 Å². The topological polar surface area (TPSA) is 193 Å². The smallest absolute Gasteiger partial charge is 0.471 e. The fourth-order valence-corrected chi connectivity index (χ4v) is 3.70. The van der Waals surface area contributed by atoms with E-state index in [0.717, 1.165) is 19.2 Å². The normalized spacial score (nSPS) is 11.7. The molecule has 0 saturated heterocycles. The van der Waals surface area contributed by atoms with E-state index in [2.05, 4.69) is 9.72 Å². The highest BCUT2D eigenvalue weighted by Crippen LogP contribution is 2.42. The Balaban J connectivity index is 1.99. The van der Waals surface area contributed by atoms with Crippen molar-refractivity contribution in [1.82, 2.24) is 10.3 Å². The van der Waals surface area contributed by atoms with Gasteiger partial charge in [-0.2, -0.15) is 13.2 Å². The summed E-state index contributed by atoms with van der Waals surface area (Å²) in [6.45, 7) is 0. The van der Waals surface area contributed by atoms with Gasteiger partial charge in [0.05, 0.1) is 24.1 Å². The number of nitro benzene ring substituents is 2. The van der Waals surface area contributed by atoms with Crippen molar-refractivity contribution in [3.05, 3.63) is 85.6 Å². The van der Waals surface area contributed by atoms with Gasteiger partial charge >= 0.3 is 29.4 Å². The first-order valence-corrected chi connectivity index (χ1v) is 11.6. The fraction of sp³-hybridized carbons (Fsp3) is 0.240.